The van der Waals surface area contributed by atoms with Gasteiger partial charge in [-0.3, -0.25) is 0 Å². The van der Waals surface area contributed by atoms with Crippen molar-refractivity contribution in [1.82, 2.24) is 4.72 Å². The zero-order chi connectivity index (χ0) is 20.4. The van der Waals surface area contributed by atoms with E-state index in [2.05, 4.69) is 52.7 Å². The maximum Gasteiger partial charge on any atom is 0.224 e. The van der Waals surface area contributed by atoms with E-state index >= 15 is 0 Å². The first-order valence-corrected chi connectivity index (χ1v) is 11.8. The summed E-state index contributed by atoms with van der Waals surface area (Å²) in [5.41, 5.74) is 3.76. The van der Waals surface area contributed by atoms with E-state index in [0.29, 0.717) is 12.0 Å². The number of nitrogens with zero attached hydrogens (tertiary/aromatic N) is 1. The van der Waals surface area contributed by atoms with Crippen LogP contribution in [0.15, 0.2) is 70.2 Å². The Labute approximate surface area is 192 Å². The predicted octanol–water partition coefficient (Wildman–Crippen LogP) is 7.09. The molecule has 2 unspecified atom stereocenters. The summed E-state index contributed by atoms with van der Waals surface area (Å²) in [5.74, 6) is 0.543. The number of rotatable bonds is 5. The molecule has 0 saturated carbocycles. The first-order valence-electron chi connectivity index (χ1n) is 9.82. The van der Waals surface area contributed by atoms with E-state index in [0.717, 1.165) is 52.1 Å². The van der Waals surface area contributed by atoms with E-state index in [9.17, 15) is 0 Å². The van der Waals surface area contributed by atoms with Crippen LogP contribution in [0.3, 0.4) is 0 Å². The first-order chi connectivity index (χ1) is 14.0. The number of thiocarbonyl (C=S) groups is 1. The molecule has 2 aliphatic carbocycles. The molecule has 1 aromatic carbocycles. The van der Waals surface area contributed by atoms with Gasteiger partial charge in [-0.1, -0.05) is 60.6 Å². The van der Waals surface area contributed by atoms with Gasteiger partial charge < -0.3 is 4.72 Å². The second-order valence-corrected chi connectivity index (χ2v) is 9.79. The van der Waals surface area contributed by atoms with E-state index in [1.165, 1.54) is 10.5 Å². The number of hydrogen-bond donors (Lipinski definition) is 1. The lowest BCUT2D eigenvalue weighted by atomic mass is 9.82. The Hall–Kier alpha value is -1.33. The van der Waals surface area contributed by atoms with Gasteiger partial charge >= 0.3 is 0 Å². The van der Waals surface area contributed by atoms with Crippen LogP contribution in [0.1, 0.15) is 32.6 Å². The van der Waals surface area contributed by atoms with E-state index in [1.54, 1.807) is 11.9 Å². The molecule has 1 aromatic rings. The Morgan fingerprint density at radius 1 is 1.14 bits per heavy atom. The monoisotopic (exact) mass is 461 g/mol. The van der Waals surface area contributed by atoms with Crippen molar-refractivity contribution < 1.29 is 4.58 Å². The Morgan fingerprint density at radius 2 is 1.93 bits per heavy atom. The molecule has 3 aliphatic rings. The minimum Gasteiger partial charge on any atom is -0.312 e. The van der Waals surface area contributed by atoms with Crippen LogP contribution >= 0.6 is 47.4 Å². The molecular weight excluding hydrogens is 439 g/mol. The molecule has 1 heterocycles. The summed E-state index contributed by atoms with van der Waals surface area (Å²) in [6.45, 7) is 2.30. The summed E-state index contributed by atoms with van der Waals surface area (Å²) in [5, 5.41) is 1.65. The van der Waals surface area contributed by atoms with Gasteiger partial charge in [0.15, 0.2) is 11.0 Å². The van der Waals surface area contributed by atoms with Gasteiger partial charge in [0.05, 0.1) is 0 Å². The maximum atomic E-state index is 6.12. The van der Waals surface area contributed by atoms with Crippen LogP contribution in [0.25, 0.3) is 0 Å². The number of nitrogens with one attached hydrogen (secondary N) is 1. The Bertz CT molecular complexity index is 971. The Kier molecular flexibility index (Phi) is 6.65. The van der Waals surface area contributed by atoms with Crippen LogP contribution in [0.2, 0.25) is 5.02 Å². The van der Waals surface area contributed by atoms with Crippen LogP contribution in [0.5, 0.6) is 0 Å². The number of allylic oxidation sites excluding steroid dienone is 7. The minimum atomic E-state index is 0.339. The van der Waals surface area contributed by atoms with E-state index in [4.69, 9.17) is 35.4 Å². The summed E-state index contributed by atoms with van der Waals surface area (Å²) >= 11 is 19.5. The molecule has 0 amide bonds. The summed E-state index contributed by atoms with van der Waals surface area (Å²) in [4.78, 5) is 2.04. The number of benzene rings is 1. The second kappa shape index (κ2) is 9.22. The highest BCUT2D eigenvalue weighted by atomic mass is 35.5. The highest BCUT2D eigenvalue weighted by Gasteiger charge is 2.45. The molecule has 0 radical (unpaired) electrons. The normalized spacial score (nSPS) is 23.8. The molecule has 1 N–H and O–H groups in total. The van der Waals surface area contributed by atoms with Crippen LogP contribution < -0.4 is 4.72 Å². The zero-order valence-corrected chi connectivity index (χ0v) is 19.3. The number of hydrogen-bond acceptors (Lipinski definition) is 2. The fraction of sp³-hybridized carbons (Fsp3) is 0.304. The molecule has 2 nitrogen and oxygen atoms in total. The lowest BCUT2D eigenvalue weighted by Gasteiger charge is -2.32. The fourth-order valence-corrected chi connectivity index (χ4v) is 5.18. The number of halogens is 2. The molecule has 6 heteroatoms. The molecule has 0 bridgehead atoms. The first kappa shape index (κ1) is 20.9. The van der Waals surface area contributed by atoms with Gasteiger partial charge in [0.25, 0.3) is 0 Å². The summed E-state index contributed by atoms with van der Waals surface area (Å²) < 4.78 is 5.75. The van der Waals surface area contributed by atoms with Crippen molar-refractivity contribution in [3.8, 4) is 0 Å². The molecular formula is C23H23Cl2N2S2+. The third kappa shape index (κ3) is 4.72. The molecule has 0 aromatic heterocycles. The third-order valence-electron chi connectivity index (χ3n) is 5.56. The van der Waals surface area contributed by atoms with Gasteiger partial charge in [0.1, 0.15) is 6.42 Å². The minimum absolute atomic E-state index is 0.339. The summed E-state index contributed by atoms with van der Waals surface area (Å²) in [6, 6.07) is 8.37. The third-order valence-corrected chi connectivity index (χ3v) is 7.50. The largest absolute Gasteiger partial charge is 0.312 e. The molecule has 150 valence electrons. The van der Waals surface area contributed by atoms with E-state index in [-0.39, 0.29) is 0 Å². The molecule has 4 rings (SSSR count). The van der Waals surface area contributed by atoms with Gasteiger partial charge in [-0.2, -0.15) is 4.58 Å². The lowest BCUT2D eigenvalue weighted by molar-refractivity contribution is -0.501. The van der Waals surface area contributed by atoms with Crippen molar-refractivity contribution in [2.24, 2.45) is 5.92 Å². The summed E-state index contributed by atoms with van der Waals surface area (Å²) in [7, 11) is 0. The lowest BCUT2D eigenvalue weighted by Crippen LogP contribution is -2.49. The molecule has 0 saturated heterocycles. The average molecular weight is 462 g/mol. The summed E-state index contributed by atoms with van der Waals surface area (Å²) in [6.07, 6.45) is 14.6. The van der Waals surface area contributed by atoms with Gasteiger partial charge in [-0.15, -0.1) is 0 Å². The van der Waals surface area contributed by atoms with Crippen LogP contribution in [-0.2, 0) is 0 Å². The van der Waals surface area contributed by atoms with Crippen molar-refractivity contribution in [1.29, 1.82) is 0 Å². The molecule has 1 aliphatic heterocycles. The molecule has 0 fully saturated rings. The maximum absolute atomic E-state index is 6.12. The van der Waals surface area contributed by atoms with Crippen molar-refractivity contribution in [2.75, 3.05) is 0 Å². The van der Waals surface area contributed by atoms with Crippen molar-refractivity contribution in [3.63, 3.8) is 0 Å². The van der Waals surface area contributed by atoms with Crippen LogP contribution in [-0.4, -0.2) is 21.3 Å². The topological polar surface area (TPSA) is 15.0 Å². The second-order valence-electron chi connectivity index (χ2n) is 7.52. The average Bonchev–Trinajstić information content (AvgIpc) is 2.70. The van der Waals surface area contributed by atoms with Crippen molar-refractivity contribution in [3.05, 3.63) is 75.2 Å². The molecule has 29 heavy (non-hydrogen) atoms. The Balaban J connectivity index is 1.58. The van der Waals surface area contributed by atoms with Gasteiger partial charge in [-0.25, -0.2) is 0 Å². The quantitative estimate of drug-likeness (QED) is 0.286. The zero-order valence-electron chi connectivity index (χ0n) is 16.2. The van der Waals surface area contributed by atoms with Gasteiger partial charge in [0.2, 0.25) is 11.4 Å². The fourth-order valence-electron chi connectivity index (χ4n) is 3.91. The van der Waals surface area contributed by atoms with Crippen molar-refractivity contribution in [2.45, 2.75) is 38.6 Å². The van der Waals surface area contributed by atoms with Gasteiger partial charge in [0, 0.05) is 32.7 Å². The van der Waals surface area contributed by atoms with E-state index < -0.39 is 0 Å². The molecule has 0 spiro atoms. The SMILES string of the molecule is CC1CC=CC=C1C1CC(C(=S)NSC2=CC=C(Cl)CC2)=[N+]1c1ccc(Cl)cc1. The predicted molar refractivity (Wildman–Crippen MR) is 130 cm³/mol. The standard InChI is InChI=1S/C23H22Cl2N2S2/c1-15-4-2-3-5-20(15)21-14-22(27(21)18-10-6-16(24)7-11-18)23(28)26-29-19-12-8-17(25)9-13-19/h2-3,5-8,10-12,15,21H,4,9,13-14H2,1H3/p+1. The highest BCUT2D eigenvalue weighted by molar-refractivity contribution is 8.02. The molecule has 2 atom stereocenters. The van der Waals surface area contributed by atoms with Crippen LogP contribution in [0, 0.1) is 5.92 Å². The van der Waals surface area contributed by atoms with Crippen LogP contribution in [0.4, 0.5) is 5.69 Å². The van der Waals surface area contributed by atoms with E-state index in [1.807, 2.05) is 18.2 Å². The van der Waals surface area contributed by atoms with Gasteiger partial charge in [-0.05, 0) is 61.4 Å². The Morgan fingerprint density at radius 3 is 2.62 bits per heavy atom. The van der Waals surface area contributed by atoms with Crippen molar-refractivity contribution >= 4 is 63.8 Å². The highest BCUT2D eigenvalue weighted by Crippen LogP contribution is 2.36. The smallest absolute Gasteiger partial charge is 0.224 e.